The predicted molar refractivity (Wildman–Crippen MR) is 116 cm³/mol. The Kier molecular flexibility index (Phi) is 5.67. The van der Waals surface area contributed by atoms with Gasteiger partial charge in [-0.3, -0.25) is 19.3 Å². The molecule has 1 aromatic carbocycles. The number of sulfone groups is 1. The maximum Gasteiger partial charge on any atom is 0.289 e. The minimum absolute atomic E-state index is 0.0127. The lowest BCUT2D eigenvalue weighted by Crippen LogP contribution is -2.50. The summed E-state index contributed by atoms with van der Waals surface area (Å²) in [5, 5.41) is 11.0. The number of hydrogen-bond acceptors (Lipinski definition) is 8. The van der Waals surface area contributed by atoms with E-state index in [1.807, 2.05) is 0 Å². The number of benzene rings is 1. The Morgan fingerprint density at radius 2 is 1.64 bits per heavy atom. The van der Waals surface area contributed by atoms with Gasteiger partial charge in [0, 0.05) is 44.7 Å². The van der Waals surface area contributed by atoms with Crippen LogP contribution < -0.4 is 0 Å². The molecule has 4 rings (SSSR count). The zero-order valence-corrected chi connectivity index (χ0v) is 19.0. The van der Waals surface area contributed by atoms with E-state index < -0.39 is 41.3 Å². The molecule has 12 nitrogen and oxygen atoms in total. The van der Waals surface area contributed by atoms with Crippen molar-refractivity contribution in [2.45, 2.75) is 10.1 Å². The van der Waals surface area contributed by atoms with Crippen LogP contribution in [0.5, 0.6) is 0 Å². The molecule has 1 fully saturated rings. The zero-order chi connectivity index (χ0) is 24.0. The van der Waals surface area contributed by atoms with Gasteiger partial charge in [0.1, 0.15) is 0 Å². The van der Waals surface area contributed by atoms with Gasteiger partial charge in [0.15, 0.2) is 10.6 Å². The second-order valence-electron chi connectivity index (χ2n) is 7.39. The molecule has 0 aliphatic carbocycles. The summed E-state index contributed by atoms with van der Waals surface area (Å²) in [5.41, 5.74) is -0.252. The zero-order valence-electron chi connectivity index (χ0n) is 17.4. The largest absolute Gasteiger partial charge is 0.335 e. The van der Waals surface area contributed by atoms with Crippen molar-refractivity contribution in [1.82, 2.24) is 18.6 Å². The third-order valence-corrected chi connectivity index (χ3v) is 8.15. The molecule has 0 N–H and O–H groups in total. The molecule has 174 valence electrons. The minimum Gasteiger partial charge on any atom is -0.335 e. The summed E-state index contributed by atoms with van der Waals surface area (Å²) in [6, 6.07) is 9.92. The van der Waals surface area contributed by atoms with Gasteiger partial charge in [0.2, 0.25) is 25.0 Å². The fraction of sp³-hybridized carbons (Fsp3) is 0.263. The lowest BCUT2D eigenvalue weighted by atomic mass is 10.2. The Balaban J connectivity index is 1.58. The third kappa shape index (κ3) is 4.07. The molecule has 3 heterocycles. The van der Waals surface area contributed by atoms with Gasteiger partial charge in [-0.1, -0.05) is 18.2 Å². The van der Waals surface area contributed by atoms with Gasteiger partial charge in [0.05, 0.1) is 10.4 Å². The SMILES string of the molecule is CS(=O)(=O)c1nc(C(=O)N2CCN(S(=O)(=O)c3ccccc3[N+](=O)[O-])CC2)c2ccccn12. The van der Waals surface area contributed by atoms with Gasteiger partial charge in [0.25, 0.3) is 11.6 Å². The Labute approximate surface area is 189 Å². The second-order valence-corrected chi connectivity index (χ2v) is 11.2. The highest BCUT2D eigenvalue weighted by Gasteiger charge is 2.35. The second kappa shape index (κ2) is 8.20. The van der Waals surface area contributed by atoms with Crippen LogP contribution in [0, 0.1) is 10.1 Å². The van der Waals surface area contributed by atoms with E-state index in [2.05, 4.69) is 4.98 Å². The van der Waals surface area contributed by atoms with Gasteiger partial charge >= 0.3 is 0 Å². The molecule has 1 amide bonds. The van der Waals surface area contributed by atoms with Crippen molar-refractivity contribution >= 4 is 37.0 Å². The van der Waals surface area contributed by atoms with Crippen LogP contribution in [0.3, 0.4) is 0 Å². The van der Waals surface area contributed by atoms with Crippen LogP contribution in [0.25, 0.3) is 5.52 Å². The highest BCUT2D eigenvalue weighted by molar-refractivity contribution is 7.90. The number of hydrogen-bond donors (Lipinski definition) is 0. The Bertz CT molecular complexity index is 1470. The maximum atomic E-state index is 13.1. The summed E-state index contributed by atoms with van der Waals surface area (Å²) in [6.07, 6.45) is 2.49. The molecule has 0 bridgehead atoms. The Hall–Kier alpha value is -3.36. The van der Waals surface area contributed by atoms with E-state index in [1.165, 1.54) is 33.7 Å². The number of piperazine rings is 1. The van der Waals surface area contributed by atoms with Crippen molar-refractivity contribution < 1.29 is 26.6 Å². The average molecular weight is 494 g/mol. The van der Waals surface area contributed by atoms with Crippen LogP contribution in [-0.2, 0) is 19.9 Å². The standard InChI is InChI=1S/C19H19N5O7S2/c1-32(28,29)19-20-17(15-7-4-5-9-23(15)19)18(25)21-10-12-22(13-11-21)33(30,31)16-8-3-2-6-14(16)24(26)27/h2-9H,10-13H2,1H3. The molecule has 2 aromatic heterocycles. The Morgan fingerprint density at radius 3 is 2.27 bits per heavy atom. The van der Waals surface area contributed by atoms with Gasteiger partial charge in [-0.15, -0.1) is 0 Å². The molecule has 1 aliphatic rings. The van der Waals surface area contributed by atoms with E-state index in [1.54, 1.807) is 18.2 Å². The number of amides is 1. The molecule has 14 heteroatoms. The van der Waals surface area contributed by atoms with Crippen molar-refractivity contribution in [2.75, 3.05) is 32.4 Å². The van der Waals surface area contributed by atoms with Crippen LogP contribution in [0.4, 0.5) is 5.69 Å². The number of sulfonamides is 1. The molecule has 33 heavy (non-hydrogen) atoms. The topological polar surface area (TPSA) is 152 Å². The van der Waals surface area contributed by atoms with E-state index in [0.29, 0.717) is 5.52 Å². The van der Waals surface area contributed by atoms with Crippen LogP contribution in [-0.4, -0.2) is 78.7 Å². The summed E-state index contributed by atoms with van der Waals surface area (Å²) < 4.78 is 52.6. The fourth-order valence-electron chi connectivity index (χ4n) is 3.68. The van der Waals surface area contributed by atoms with Gasteiger partial charge in [-0.2, -0.15) is 4.31 Å². The van der Waals surface area contributed by atoms with Crippen molar-refractivity contribution in [3.8, 4) is 0 Å². The van der Waals surface area contributed by atoms with Crippen molar-refractivity contribution in [1.29, 1.82) is 0 Å². The van der Waals surface area contributed by atoms with Crippen molar-refractivity contribution in [3.63, 3.8) is 0 Å². The Morgan fingerprint density at radius 1 is 1.00 bits per heavy atom. The molecule has 0 saturated carbocycles. The lowest BCUT2D eigenvalue weighted by molar-refractivity contribution is -0.387. The van der Waals surface area contributed by atoms with E-state index in [4.69, 9.17) is 0 Å². The number of imidazole rings is 1. The van der Waals surface area contributed by atoms with Crippen molar-refractivity contribution in [3.05, 3.63) is 64.5 Å². The summed E-state index contributed by atoms with van der Waals surface area (Å²) >= 11 is 0. The van der Waals surface area contributed by atoms with E-state index in [-0.39, 0.29) is 37.0 Å². The van der Waals surface area contributed by atoms with Crippen LogP contribution in [0.2, 0.25) is 0 Å². The third-order valence-electron chi connectivity index (χ3n) is 5.26. The minimum atomic E-state index is -4.15. The summed E-state index contributed by atoms with van der Waals surface area (Å²) in [5.74, 6) is -0.531. The number of rotatable bonds is 5. The first-order valence-electron chi connectivity index (χ1n) is 9.72. The first kappa shape index (κ1) is 22.8. The number of nitro groups is 1. The molecule has 3 aromatic rings. The van der Waals surface area contributed by atoms with Gasteiger partial charge < -0.3 is 4.90 Å². The van der Waals surface area contributed by atoms with Crippen LogP contribution >= 0.6 is 0 Å². The molecule has 1 saturated heterocycles. The van der Waals surface area contributed by atoms with Crippen LogP contribution in [0.1, 0.15) is 10.5 Å². The van der Waals surface area contributed by atoms with E-state index in [9.17, 15) is 31.7 Å². The van der Waals surface area contributed by atoms with Gasteiger partial charge in [-0.05, 0) is 18.2 Å². The van der Waals surface area contributed by atoms with E-state index in [0.717, 1.165) is 16.6 Å². The molecule has 0 atom stereocenters. The molecular formula is C19H19N5O7S2. The number of carbonyl (C=O) groups excluding carboxylic acids is 1. The number of para-hydroxylation sites is 1. The van der Waals surface area contributed by atoms with Gasteiger partial charge in [-0.25, -0.2) is 21.8 Å². The molecular weight excluding hydrogens is 474 g/mol. The first-order valence-corrected chi connectivity index (χ1v) is 13.0. The molecule has 0 spiro atoms. The summed E-state index contributed by atoms with van der Waals surface area (Å²) in [6.45, 7) is -0.132. The fourth-order valence-corrected chi connectivity index (χ4v) is 6.03. The van der Waals surface area contributed by atoms with Crippen molar-refractivity contribution in [2.24, 2.45) is 0 Å². The number of aromatic nitrogens is 2. The molecule has 0 radical (unpaired) electrons. The van der Waals surface area contributed by atoms with Crippen LogP contribution in [0.15, 0.2) is 58.7 Å². The molecule has 1 aliphatic heterocycles. The number of nitro benzene ring substituents is 1. The molecule has 0 unspecified atom stereocenters. The summed E-state index contributed by atoms with van der Waals surface area (Å²) in [7, 11) is -7.85. The predicted octanol–water partition coefficient (Wildman–Crippen LogP) is 0.793. The first-order chi connectivity index (χ1) is 15.5. The number of pyridine rings is 1. The quantitative estimate of drug-likeness (QED) is 0.374. The highest BCUT2D eigenvalue weighted by atomic mass is 32.2. The van der Waals surface area contributed by atoms with E-state index >= 15 is 0 Å². The summed E-state index contributed by atoms with van der Waals surface area (Å²) in [4.78, 5) is 28.6. The lowest BCUT2D eigenvalue weighted by Gasteiger charge is -2.33. The average Bonchev–Trinajstić information content (AvgIpc) is 3.19. The number of nitrogens with zero attached hydrogens (tertiary/aromatic N) is 5. The number of fused-ring (bicyclic) bond motifs is 1. The normalized spacial score (nSPS) is 15.6. The maximum absolute atomic E-state index is 13.1. The smallest absolute Gasteiger partial charge is 0.289 e. The highest BCUT2D eigenvalue weighted by Crippen LogP contribution is 2.27. The number of carbonyl (C=O) groups is 1. The monoisotopic (exact) mass is 493 g/mol.